The second kappa shape index (κ2) is 4.50. The maximum atomic E-state index is 10.1. The highest BCUT2D eigenvalue weighted by Gasteiger charge is 2.02. The first kappa shape index (κ1) is 9.58. The molecule has 0 fully saturated rings. The molecule has 13 heavy (non-hydrogen) atoms. The standard InChI is InChI=1S/C10H11O3/c1-2-13-10-7-8(5-6-11)3-4-9(10)12/h3-4,7,12H,2,5H2,1H3. The molecule has 0 aliphatic rings. The molecule has 3 heteroatoms. The van der Waals surface area contributed by atoms with Crippen LogP contribution in [0, 0.1) is 0 Å². The summed E-state index contributed by atoms with van der Waals surface area (Å²) in [7, 11) is 0. The minimum atomic E-state index is 0.0940. The Morgan fingerprint density at radius 2 is 2.31 bits per heavy atom. The molecule has 0 amide bonds. The molecule has 0 bridgehead atoms. The Bertz CT molecular complexity index is 294. The minimum Gasteiger partial charge on any atom is -0.504 e. The maximum absolute atomic E-state index is 10.1. The number of hydrogen-bond donors (Lipinski definition) is 1. The van der Waals surface area contributed by atoms with Gasteiger partial charge >= 0.3 is 0 Å². The topological polar surface area (TPSA) is 46.5 Å². The maximum Gasteiger partial charge on any atom is 0.203 e. The molecule has 0 saturated heterocycles. The van der Waals surface area contributed by atoms with Gasteiger partial charge in [0.05, 0.1) is 6.61 Å². The van der Waals surface area contributed by atoms with E-state index < -0.39 is 0 Å². The first-order valence-electron chi connectivity index (χ1n) is 4.07. The molecule has 0 saturated carbocycles. The predicted octanol–water partition coefficient (Wildman–Crippen LogP) is 1.44. The molecule has 0 heterocycles. The molecule has 0 atom stereocenters. The van der Waals surface area contributed by atoms with Crippen molar-refractivity contribution in [2.75, 3.05) is 6.61 Å². The third-order valence-electron chi connectivity index (χ3n) is 1.60. The number of phenols is 1. The first-order chi connectivity index (χ1) is 6.27. The summed E-state index contributed by atoms with van der Waals surface area (Å²) in [6.07, 6.45) is 2.01. The second-order valence-electron chi connectivity index (χ2n) is 2.56. The first-order valence-corrected chi connectivity index (χ1v) is 4.07. The van der Waals surface area contributed by atoms with E-state index in [1.54, 1.807) is 18.4 Å². The van der Waals surface area contributed by atoms with Crippen molar-refractivity contribution < 1.29 is 14.6 Å². The van der Waals surface area contributed by atoms with Crippen LogP contribution in [0.3, 0.4) is 0 Å². The van der Waals surface area contributed by atoms with E-state index in [9.17, 15) is 9.90 Å². The number of aromatic hydroxyl groups is 1. The minimum absolute atomic E-state index is 0.0940. The van der Waals surface area contributed by atoms with Crippen LogP contribution in [0.5, 0.6) is 11.5 Å². The quantitative estimate of drug-likeness (QED) is 0.760. The third kappa shape index (κ3) is 2.47. The average molecular weight is 179 g/mol. The summed E-state index contributed by atoms with van der Waals surface area (Å²) in [5.74, 6) is 0.506. The van der Waals surface area contributed by atoms with E-state index in [-0.39, 0.29) is 12.2 Å². The van der Waals surface area contributed by atoms with Crippen molar-refractivity contribution in [1.82, 2.24) is 0 Å². The summed E-state index contributed by atoms with van der Waals surface area (Å²) in [4.78, 5) is 10.1. The Hall–Kier alpha value is -1.51. The molecule has 0 spiro atoms. The van der Waals surface area contributed by atoms with Gasteiger partial charge in [-0.2, -0.15) is 0 Å². The molecule has 0 aliphatic heterocycles. The summed E-state index contributed by atoms with van der Waals surface area (Å²) >= 11 is 0. The van der Waals surface area contributed by atoms with Crippen molar-refractivity contribution in [1.29, 1.82) is 0 Å². The Labute approximate surface area is 77.0 Å². The summed E-state index contributed by atoms with van der Waals surface area (Å²) in [5, 5.41) is 9.31. The lowest BCUT2D eigenvalue weighted by molar-refractivity contribution is 0.318. The van der Waals surface area contributed by atoms with E-state index >= 15 is 0 Å². The molecule has 0 aromatic heterocycles. The van der Waals surface area contributed by atoms with E-state index in [2.05, 4.69) is 0 Å². The molecular formula is C10H11O3. The molecule has 1 radical (unpaired) electrons. The molecule has 0 aliphatic carbocycles. The van der Waals surface area contributed by atoms with Gasteiger partial charge in [-0.25, -0.2) is 0 Å². The highest BCUT2D eigenvalue weighted by Crippen LogP contribution is 2.26. The van der Waals surface area contributed by atoms with Gasteiger partial charge in [-0.1, -0.05) is 6.07 Å². The third-order valence-corrected chi connectivity index (χ3v) is 1.60. The van der Waals surface area contributed by atoms with Crippen LogP contribution in [-0.4, -0.2) is 18.0 Å². The van der Waals surface area contributed by atoms with Gasteiger partial charge < -0.3 is 9.84 Å². The van der Waals surface area contributed by atoms with Gasteiger partial charge in [0.25, 0.3) is 0 Å². The highest BCUT2D eigenvalue weighted by atomic mass is 16.5. The monoisotopic (exact) mass is 179 g/mol. The number of benzene rings is 1. The number of carbonyl (C=O) groups excluding carboxylic acids is 1. The Morgan fingerprint density at radius 3 is 2.92 bits per heavy atom. The molecule has 0 unspecified atom stereocenters. The number of rotatable bonds is 4. The van der Waals surface area contributed by atoms with Gasteiger partial charge in [0.15, 0.2) is 11.5 Å². The molecule has 1 rings (SSSR count). The van der Waals surface area contributed by atoms with Gasteiger partial charge in [0, 0.05) is 6.42 Å². The number of ether oxygens (including phenoxy) is 1. The van der Waals surface area contributed by atoms with E-state index in [0.717, 1.165) is 5.56 Å². The van der Waals surface area contributed by atoms with Gasteiger partial charge in [-0.15, -0.1) is 0 Å². The van der Waals surface area contributed by atoms with Crippen LogP contribution in [0.1, 0.15) is 12.5 Å². The van der Waals surface area contributed by atoms with Crippen molar-refractivity contribution in [3.63, 3.8) is 0 Å². The van der Waals surface area contributed by atoms with Crippen molar-refractivity contribution in [2.45, 2.75) is 13.3 Å². The van der Waals surface area contributed by atoms with E-state index in [1.807, 2.05) is 6.92 Å². The average Bonchev–Trinajstić information content (AvgIpc) is 2.12. The Balaban J connectivity index is 2.89. The Morgan fingerprint density at radius 1 is 1.54 bits per heavy atom. The zero-order valence-corrected chi connectivity index (χ0v) is 7.41. The fourth-order valence-corrected chi connectivity index (χ4v) is 1.02. The normalized spacial score (nSPS) is 9.62. The summed E-state index contributed by atoms with van der Waals surface area (Å²) < 4.78 is 5.14. The lowest BCUT2D eigenvalue weighted by Gasteiger charge is -2.06. The molecule has 1 aromatic carbocycles. The van der Waals surface area contributed by atoms with Gasteiger partial charge in [-0.05, 0) is 24.6 Å². The van der Waals surface area contributed by atoms with Crippen molar-refractivity contribution in [3.8, 4) is 11.5 Å². The van der Waals surface area contributed by atoms with Crippen LogP contribution in [-0.2, 0) is 11.2 Å². The molecule has 1 aromatic rings. The van der Waals surface area contributed by atoms with Gasteiger partial charge in [0.1, 0.15) is 0 Å². The zero-order valence-electron chi connectivity index (χ0n) is 7.41. The van der Waals surface area contributed by atoms with Crippen LogP contribution < -0.4 is 4.74 Å². The SMILES string of the molecule is CCOc1cc(C[C]=O)ccc1O. The van der Waals surface area contributed by atoms with E-state index in [1.165, 1.54) is 6.07 Å². The largest absolute Gasteiger partial charge is 0.504 e. The molecule has 3 nitrogen and oxygen atoms in total. The summed E-state index contributed by atoms with van der Waals surface area (Å²) in [5.41, 5.74) is 0.788. The van der Waals surface area contributed by atoms with Crippen LogP contribution in [0.4, 0.5) is 0 Å². The van der Waals surface area contributed by atoms with Gasteiger partial charge in [-0.3, -0.25) is 4.79 Å². The number of phenolic OH excluding ortho intramolecular Hbond substituents is 1. The molecular weight excluding hydrogens is 168 g/mol. The highest BCUT2D eigenvalue weighted by molar-refractivity contribution is 5.57. The Kier molecular flexibility index (Phi) is 3.31. The van der Waals surface area contributed by atoms with Crippen molar-refractivity contribution in [2.24, 2.45) is 0 Å². The predicted molar refractivity (Wildman–Crippen MR) is 48.7 cm³/mol. The van der Waals surface area contributed by atoms with Crippen LogP contribution in [0.2, 0.25) is 0 Å². The van der Waals surface area contributed by atoms with Crippen molar-refractivity contribution >= 4 is 6.29 Å². The fourth-order valence-electron chi connectivity index (χ4n) is 1.02. The second-order valence-corrected chi connectivity index (χ2v) is 2.56. The number of hydrogen-bond acceptors (Lipinski definition) is 3. The van der Waals surface area contributed by atoms with E-state index in [4.69, 9.17) is 4.74 Å². The summed E-state index contributed by atoms with van der Waals surface area (Å²) in [6.45, 7) is 2.32. The molecule has 1 N–H and O–H groups in total. The summed E-state index contributed by atoms with van der Waals surface area (Å²) in [6, 6.07) is 4.82. The van der Waals surface area contributed by atoms with Gasteiger partial charge in [0.2, 0.25) is 6.29 Å². The van der Waals surface area contributed by atoms with Crippen LogP contribution in [0.25, 0.3) is 0 Å². The lowest BCUT2D eigenvalue weighted by atomic mass is 10.1. The molecule has 69 valence electrons. The lowest BCUT2D eigenvalue weighted by Crippen LogP contribution is -1.93. The zero-order chi connectivity index (χ0) is 9.68. The smallest absolute Gasteiger partial charge is 0.203 e. The van der Waals surface area contributed by atoms with Crippen LogP contribution >= 0.6 is 0 Å². The van der Waals surface area contributed by atoms with E-state index in [0.29, 0.717) is 12.4 Å². The fraction of sp³-hybridized carbons (Fsp3) is 0.300. The van der Waals surface area contributed by atoms with Crippen LogP contribution in [0.15, 0.2) is 18.2 Å². The van der Waals surface area contributed by atoms with Crippen molar-refractivity contribution in [3.05, 3.63) is 23.8 Å².